The molecule has 34 heavy (non-hydrogen) atoms. The third kappa shape index (κ3) is 4.52. The summed E-state index contributed by atoms with van der Waals surface area (Å²) in [6, 6.07) is 27.4. The Morgan fingerprint density at radius 1 is 0.706 bits per heavy atom. The van der Waals surface area contributed by atoms with E-state index < -0.39 is 0 Å². The number of rotatable bonds is 9. The summed E-state index contributed by atoms with van der Waals surface area (Å²) in [5.74, 6) is 1.33. The summed E-state index contributed by atoms with van der Waals surface area (Å²) >= 11 is 1.65. The van der Waals surface area contributed by atoms with Crippen LogP contribution in [-0.4, -0.2) is 43.8 Å². The number of nitrogens with zero attached hydrogens (tertiary/aromatic N) is 4. The van der Waals surface area contributed by atoms with Crippen LogP contribution in [0.25, 0.3) is 5.69 Å². The van der Waals surface area contributed by atoms with Crippen molar-refractivity contribution in [2.24, 2.45) is 0 Å². The SMILES string of the molecule is O=C1c2ccccc2C(=O)N1CCCCSc1nnc(Cc2ccccc2)n1-c1ccccc1. The molecule has 2 heterocycles. The van der Waals surface area contributed by atoms with Crippen LogP contribution in [0.3, 0.4) is 0 Å². The second-order valence-corrected chi connectivity index (χ2v) is 9.16. The predicted molar refractivity (Wildman–Crippen MR) is 132 cm³/mol. The number of unbranched alkanes of at least 4 members (excludes halogenated alkanes) is 1. The molecule has 2 amide bonds. The lowest BCUT2D eigenvalue weighted by atomic mass is 10.1. The molecule has 1 aliphatic heterocycles. The highest BCUT2D eigenvalue weighted by molar-refractivity contribution is 7.99. The van der Waals surface area contributed by atoms with Gasteiger partial charge >= 0.3 is 0 Å². The molecule has 0 N–H and O–H groups in total. The third-order valence-corrected chi connectivity index (χ3v) is 6.82. The second-order valence-electron chi connectivity index (χ2n) is 8.10. The molecule has 7 heteroatoms. The van der Waals surface area contributed by atoms with Gasteiger partial charge < -0.3 is 0 Å². The molecule has 0 spiro atoms. The second kappa shape index (κ2) is 10.1. The summed E-state index contributed by atoms with van der Waals surface area (Å²) in [4.78, 5) is 26.4. The van der Waals surface area contributed by atoms with E-state index in [2.05, 4.69) is 39.0 Å². The smallest absolute Gasteiger partial charge is 0.261 e. The molecule has 0 fully saturated rings. The molecule has 6 nitrogen and oxygen atoms in total. The normalized spacial score (nSPS) is 12.9. The van der Waals surface area contributed by atoms with Crippen molar-refractivity contribution in [3.8, 4) is 5.69 Å². The molecular weight excluding hydrogens is 444 g/mol. The van der Waals surface area contributed by atoms with E-state index in [-0.39, 0.29) is 11.8 Å². The maximum atomic E-state index is 12.5. The largest absolute Gasteiger partial charge is 0.274 e. The molecule has 0 atom stereocenters. The van der Waals surface area contributed by atoms with Crippen molar-refractivity contribution < 1.29 is 9.59 Å². The first kappa shape index (κ1) is 22.1. The van der Waals surface area contributed by atoms with Crippen molar-refractivity contribution in [2.75, 3.05) is 12.3 Å². The fourth-order valence-corrected chi connectivity index (χ4v) is 5.07. The molecule has 0 aliphatic carbocycles. The van der Waals surface area contributed by atoms with Gasteiger partial charge in [-0.2, -0.15) is 0 Å². The molecule has 0 saturated carbocycles. The van der Waals surface area contributed by atoms with E-state index in [4.69, 9.17) is 0 Å². The van der Waals surface area contributed by atoms with Crippen LogP contribution in [0.1, 0.15) is 44.9 Å². The number of carbonyl (C=O) groups excluding carboxylic acids is 2. The Bertz CT molecular complexity index is 1270. The van der Waals surface area contributed by atoms with Gasteiger partial charge in [-0.3, -0.25) is 19.1 Å². The quantitative estimate of drug-likeness (QED) is 0.196. The van der Waals surface area contributed by atoms with E-state index in [1.165, 1.54) is 10.5 Å². The lowest BCUT2D eigenvalue weighted by Crippen LogP contribution is -2.30. The fraction of sp³-hybridized carbons (Fsp3) is 0.185. The summed E-state index contributed by atoms with van der Waals surface area (Å²) in [6.45, 7) is 0.428. The topological polar surface area (TPSA) is 68.1 Å². The van der Waals surface area contributed by atoms with E-state index in [1.54, 1.807) is 36.0 Å². The number of aromatic nitrogens is 3. The standard InChI is InChI=1S/C27H24N4O2S/c32-25-22-15-7-8-16-23(22)26(33)30(25)17-9-10-18-34-27-29-28-24(19-20-11-3-1-4-12-20)31(27)21-13-5-2-6-14-21/h1-8,11-16H,9-10,17-19H2. The number of fused-ring (bicyclic) bond motifs is 1. The number of imide groups is 1. The van der Waals surface area contributed by atoms with Crippen LogP contribution in [0.4, 0.5) is 0 Å². The maximum Gasteiger partial charge on any atom is 0.261 e. The van der Waals surface area contributed by atoms with Crippen LogP contribution in [0.5, 0.6) is 0 Å². The lowest BCUT2D eigenvalue weighted by molar-refractivity contribution is 0.0652. The van der Waals surface area contributed by atoms with Crippen molar-refractivity contribution in [3.63, 3.8) is 0 Å². The van der Waals surface area contributed by atoms with E-state index in [0.29, 0.717) is 24.1 Å². The van der Waals surface area contributed by atoms with Crippen LogP contribution in [0.15, 0.2) is 90.1 Å². The zero-order valence-corrected chi connectivity index (χ0v) is 19.4. The molecule has 5 rings (SSSR count). The minimum absolute atomic E-state index is 0.192. The van der Waals surface area contributed by atoms with E-state index >= 15 is 0 Å². The van der Waals surface area contributed by atoms with Crippen LogP contribution in [0, 0.1) is 0 Å². The van der Waals surface area contributed by atoms with Crippen LogP contribution in [-0.2, 0) is 6.42 Å². The number of amides is 2. The molecule has 0 radical (unpaired) electrons. The van der Waals surface area contributed by atoms with E-state index in [1.807, 2.05) is 36.4 Å². The Labute approximate surface area is 202 Å². The monoisotopic (exact) mass is 468 g/mol. The molecule has 1 aliphatic rings. The first-order valence-corrected chi connectivity index (χ1v) is 12.3. The Balaban J connectivity index is 1.22. The molecule has 0 saturated heterocycles. The van der Waals surface area contributed by atoms with Gasteiger partial charge in [-0.25, -0.2) is 0 Å². The van der Waals surface area contributed by atoms with Crippen molar-refractivity contribution in [1.29, 1.82) is 0 Å². The van der Waals surface area contributed by atoms with Crippen molar-refractivity contribution in [1.82, 2.24) is 19.7 Å². The first-order valence-electron chi connectivity index (χ1n) is 11.3. The highest BCUT2D eigenvalue weighted by Crippen LogP contribution is 2.26. The number of para-hydroxylation sites is 1. The molecule has 0 bridgehead atoms. The average Bonchev–Trinajstić information content (AvgIpc) is 3.38. The van der Waals surface area contributed by atoms with E-state index in [9.17, 15) is 9.59 Å². The van der Waals surface area contributed by atoms with Gasteiger partial charge in [0.2, 0.25) is 0 Å². The molecule has 1 aromatic heterocycles. The van der Waals surface area contributed by atoms with Crippen molar-refractivity contribution >= 4 is 23.6 Å². The summed E-state index contributed by atoms with van der Waals surface area (Å²) in [6.07, 6.45) is 2.30. The van der Waals surface area contributed by atoms with Crippen LogP contribution in [0.2, 0.25) is 0 Å². The van der Waals surface area contributed by atoms with Gasteiger partial charge in [0.1, 0.15) is 5.82 Å². The van der Waals surface area contributed by atoms with Gasteiger partial charge in [-0.05, 0) is 42.7 Å². The highest BCUT2D eigenvalue weighted by atomic mass is 32.2. The maximum absolute atomic E-state index is 12.5. The number of hydrogen-bond acceptors (Lipinski definition) is 5. The minimum Gasteiger partial charge on any atom is -0.274 e. The van der Waals surface area contributed by atoms with Crippen molar-refractivity contribution in [3.05, 3.63) is 107 Å². The van der Waals surface area contributed by atoms with Gasteiger partial charge in [0.25, 0.3) is 11.8 Å². The molecule has 4 aromatic rings. The number of thioether (sulfide) groups is 1. The zero-order valence-electron chi connectivity index (χ0n) is 18.6. The number of carbonyl (C=O) groups is 2. The Kier molecular flexibility index (Phi) is 6.53. The molecule has 170 valence electrons. The van der Waals surface area contributed by atoms with Gasteiger partial charge in [-0.15, -0.1) is 10.2 Å². The average molecular weight is 469 g/mol. The first-order chi connectivity index (χ1) is 16.7. The minimum atomic E-state index is -0.192. The molecule has 3 aromatic carbocycles. The van der Waals surface area contributed by atoms with Gasteiger partial charge in [-0.1, -0.05) is 72.4 Å². The summed E-state index contributed by atoms with van der Waals surface area (Å²) in [7, 11) is 0. The highest BCUT2D eigenvalue weighted by Gasteiger charge is 2.34. The van der Waals surface area contributed by atoms with Gasteiger partial charge in [0.05, 0.1) is 11.1 Å². The lowest BCUT2D eigenvalue weighted by Gasteiger charge is -2.13. The van der Waals surface area contributed by atoms with Crippen LogP contribution >= 0.6 is 11.8 Å². The molecular formula is C27H24N4O2S. The third-order valence-electron chi connectivity index (χ3n) is 5.81. The Morgan fingerprint density at radius 2 is 1.32 bits per heavy atom. The van der Waals surface area contributed by atoms with Gasteiger partial charge in [0.15, 0.2) is 5.16 Å². The summed E-state index contributed by atoms with van der Waals surface area (Å²) in [5.41, 5.74) is 3.23. The zero-order chi connectivity index (χ0) is 23.3. The Morgan fingerprint density at radius 3 is 2.00 bits per heavy atom. The van der Waals surface area contributed by atoms with Crippen LogP contribution < -0.4 is 0 Å². The Hall–Kier alpha value is -3.71. The number of hydrogen-bond donors (Lipinski definition) is 0. The number of benzene rings is 3. The predicted octanol–water partition coefficient (Wildman–Crippen LogP) is 5.03. The fourth-order valence-electron chi connectivity index (χ4n) is 4.10. The van der Waals surface area contributed by atoms with Crippen molar-refractivity contribution in [2.45, 2.75) is 24.4 Å². The molecule has 0 unspecified atom stereocenters. The van der Waals surface area contributed by atoms with Gasteiger partial charge in [0, 0.05) is 24.4 Å². The van der Waals surface area contributed by atoms with E-state index in [0.717, 1.165) is 35.3 Å². The summed E-state index contributed by atoms with van der Waals surface area (Å²) in [5, 5.41) is 9.80. The summed E-state index contributed by atoms with van der Waals surface area (Å²) < 4.78 is 2.11.